The molecular weight excluding hydrogens is 887 g/mol. The summed E-state index contributed by atoms with van der Waals surface area (Å²) in [4.78, 5) is 2.43. The van der Waals surface area contributed by atoms with Crippen LogP contribution in [-0.4, -0.2) is 6.10 Å². The van der Waals surface area contributed by atoms with Crippen molar-refractivity contribution in [3.05, 3.63) is 248 Å². The molecule has 1 aliphatic carbocycles. The van der Waals surface area contributed by atoms with Crippen LogP contribution in [0.4, 0.5) is 11.4 Å². The number of hydrogen-bond donors (Lipinski definition) is 0. The Kier molecular flexibility index (Phi) is 8.86. The van der Waals surface area contributed by atoms with E-state index in [9.17, 15) is 0 Å². The Morgan fingerprint density at radius 1 is 0.400 bits per heavy atom. The van der Waals surface area contributed by atoms with Crippen LogP contribution in [-0.2, 0) is 0 Å². The highest BCUT2D eigenvalue weighted by molar-refractivity contribution is 7.27. The minimum absolute atomic E-state index is 0.0212. The summed E-state index contributed by atoms with van der Waals surface area (Å²) in [5.74, 6) is 0.990. The van der Waals surface area contributed by atoms with Crippen LogP contribution in [0.15, 0.2) is 242 Å². The van der Waals surface area contributed by atoms with Gasteiger partial charge in [0.05, 0.1) is 5.70 Å². The zero-order valence-electron chi connectivity index (χ0n) is 37.8. The predicted molar refractivity (Wildman–Crippen MR) is 300 cm³/mol. The average Bonchev–Trinajstić information content (AvgIpc) is 4.14. The van der Waals surface area contributed by atoms with E-state index < -0.39 is 0 Å². The highest BCUT2D eigenvalue weighted by atomic mass is 32.1. The van der Waals surface area contributed by atoms with Gasteiger partial charge in [0.25, 0.3) is 0 Å². The van der Waals surface area contributed by atoms with Gasteiger partial charge in [-0.05, 0) is 109 Å². The highest BCUT2D eigenvalue weighted by Gasteiger charge is 2.42. The molecule has 0 N–H and O–H groups in total. The Bertz CT molecular complexity index is 4130. The van der Waals surface area contributed by atoms with Crippen LogP contribution in [0.2, 0.25) is 0 Å². The van der Waals surface area contributed by atoms with Crippen LogP contribution in [0.3, 0.4) is 0 Å². The van der Waals surface area contributed by atoms with Crippen LogP contribution in [0, 0.1) is 0 Å². The molecule has 70 heavy (non-hydrogen) atoms. The van der Waals surface area contributed by atoms with E-state index >= 15 is 0 Å². The molecule has 0 saturated heterocycles. The van der Waals surface area contributed by atoms with Crippen molar-refractivity contribution in [2.24, 2.45) is 0 Å². The third-order valence-corrected chi connectivity index (χ3v) is 17.2. The molecule has 4 heteroatoms. The van der Waals surface area contributed by atoms with Crippen LogP contribution in [0.1, 0.15) is 11.5 Å². The minimum atomic E-state index is -0.253. The summed E-state index contributed by atoms with van der Waals surface area (Å²) in [5, 5.41) is 12.9. The molecule has 1 aliphatic heterocycles. The zero-order chi connectivity index (χ0) is 45.9. The fourth-order valence-electron chi connectivity index (χ4n) is 11.6. The topological polar surface area (TPSA) is 12.5 Å². The van der Waals surface area contributed by atoms with Crippen molar-refractivity contribution in [1.29, 1.82) is 0 Å². The van der Waals surface area contributed by atoms with Gasteiger partial charge in [-0.25, -0.2) is 0 Å². The Balaban J connectivity index is 0.868. The highest BCUT2D eigenvalue weighted by Crippen LogP contribution is 2.54. The Morgan fingerprint density at radius 3 is 1.49 bits per heavy atom. The van der Waals surface area contributed by atoms with Gasteiger partial charge in [0.15, 0.2) is 0 Å². The van der Waals surface area contributed by atoms with Crippen molar-refractivity contribution in [1.82, 2.24) is 0 Å². The Hall–Kier alpha value is -8.28. The van der Waals surface area contributed by atoms with Crippen molar-refractivity contribution in [3.8, 4) is 39.1 Å². The molecule has 0 spiro atoms. The molecule has 11 aromatic carbocycles. The summed E-state index contributed by atoms with van der Waals surface area (Å²) in [5.41, 5.74) is 11.7. The average molecular weight is 928 g/mol. The summed E-state index contributed by atoms with van der Waals surface area (Å²) in [6.07, 6.45) is 6.60. The summed E-state index contributed by atoms with van der Waals surface area (Å²) in [6.45, 7) is 0. The first kappa shape index (κ1) is 39.7. The van der Waals surface area contributed by atoms with Gasteiger partial charge in [0.1, 0.15) is 11.9 Å². The molecule has 0 fully saturated rings. The molecule has 0 amide bonds. The third kappa shape index (κ3) is 6.03. The lowest BCUT2D eigenvalue weighted by molar-refractivity contribution is 0.254. The van der Waals surface area contributed by atoms with Crippen molar-refractivity contribution >= 4 is 107 Å². The van der Waals surface area contributed by atoms with Crippen LogP contribution in [0.5, 0.6) is 5.75 Å². The minimum Gasteiger partial charge on any atom is -0.482 e. The lowest BCUT2D eigenvalue weighted by Crippen LogP contribution is -2.32. The van der Waals surface area contributed by atoms with E-state index in [1.807, 2.05) is 22.7 Å². The smallest absolute Gasteiger partial charge is 0.149 e. The maximum absolute atomic E-state index is 7.38. The van der Waals surface area contributed by atoms with E-state index in [-0.39, 0.29) is 12.0 Å². The molecule has 2 unspecified atom stereocenters. The fraction of sp³-hybridized carbons (Fsp3) is 0.0303. The zero-order valence-corrected chi connectivity index (χ0v) is 39.5. The number of nitrogens with zero attached hydrogens (tertiary/aromatic N) is 1. The van der Waals surface area contributed by atoms with E-state index in [4.69, 9.17) is 4.74 Å². The lowest BCUT2D eigenvalue weighted by atomic mass is 9.84. The number of hydrogen-bond acceptors (Lipinski definition) is 4. The number of fused-ring (bicyclic) bond motifs is 15. The van der Waals surface area contributed by atoms with E-state index in [2.05, 4.69) is 242 Å². The molecule has 2 aromatic heterocycles. The summed E-state index contributed by atoms with van der Waals surface area (Å²) < 4.78 is 12.7. The monoisotopic (exact) mass is 927 g/mol. The summed E-state index contributed by atoms with van der Waals surface area (Å²) >= 11 is 3.78. The van der Waals surface area contributed by atoms with Gasteiger partial charge in [-0.3, -0.25) is 0 Å². The molecule has 2 atom stereocenters. The first-order chi connectivity index (χ1) is 34.7. The maximum Gasteiger partial charge on any atom is 0.149 e. The molecule has 0 saturated carbocycles. The van der Waals surface area contributed by atoms with Gasteiger partial charge >= 0.3 is 0 Å². The van der Waals surface area contributed by atoms with Crippen molar-refractivity contribution in [2.45, 2.75) is 12.0 Å². The predicted octanol–water partition coefficient (Wildman–Crippen LogP) is 19.0. The molecule has 0 radical (unpaired) electrons. The van der Waals surface area contributed by atoms with Crippen molar-refractivity contribution in [3.63, 3.8) is 0 Å². The second kappa shape index (κ2) is 15.6. The molecule has 328 valence electrons. The molecule has 2 nitrogen and oxygen atoms in total. The van der Waals surface area contributed by atoms with Gasteiger partial charge < -0.3 is 9.64 Å². The second-order valence-electron chi connectivity index (χ2n) is 18.6. The lowest BCUT2D eigenvalue weighted by Gasteiger charge is -2.34. The summed E-state index contributed by atoms with van der Waals surface area (Å²) in [6, 6.07) is 80.4. The van der Waals surface area contributed by atoms with E-state index in [1.165, 1.54) is 100 Å². The number of allylic oxidation sites excluding steroid dienone is 2. The Labute approximate surface area is 412 Å². The number of rotatable bonds is 6. The van der Waals surface area contributed by atoms with E-state index in [0.29, 0.717) is 0 Å². The third-order valence-electron chi connectivity index (χ3n) is 14.8. The first-order valence-electron chi connectivity index (χ1n) is 24.0. The molecule has 3 heterocycles. The Morgan fingerprint density at radius 2 is 0.900 bits per heavy atom. The second-order valence-corrected chi connectivity index (χ2v) is 20.7. The van der Waals surface area contributed by atoms with Crippen LogP contribution < -0.4 is 9.64 Å². The molecule has 0 bridgehead atoms. The molecule has 2 aliphatic rings. The van der Waals surface area contributed by atoms with E-state index in [0.717, 1.165) is 33.9 Å². The molecule has 15 rings (SSSR count). The van der Waals surface area contributed by atoms with Crippen molar-refractivity contribution in [2.75, 3.05) is 4.90 Å². The quantitative estimate of drug-likeness (QED) is 0.165. The maximum atomic E-state index is 7.38. The first-order valence-corrected chi connectivity index (χ1v) is 25.7. The number of thiophene rings is 2. The molecule has 13 aromatic rings. The van der Waals surface area contributed by atoms with Gasteiger partial charge in [-0.1, -0.05) is 188 Å². The van der Waals surface area contributed by atoms with Crippen LogP contribution >= 0.6 is 22.7 Å². The van der Waals surface area contributed by atoms with Gasteiger partial charge in [-0.15, -0.1) is 22.7 Å². The standard InChI is InChI=1S/C66H41NOS2/c1-2-13-40(14-3-1)56-39-45-17-6-9-20-50(45)62-53-23-12-26-57(63(53)68-64(56)62)67(46-33-27-43(28-34-46)51-21-10-24-54-60-48-18-7-4-15-41(48)31-37-58(60)69-65(51)54)47-35-29-44(30-36-47)52-22-11-25-55-61-49-19-8-5-16-42(49)32-38-59(61)70-66(52)55/h1-39,53,63H. The normalized spacial score (nSPS) is 15.3. The number of anilines is 2. The van der Waals surface area contributed by atoms with Gasteiger partial charge in [-0.2, -0.15) is 0 Å². The number of benzene rings is 11. The van der Waals surface area contributed by atoms with Gasteiger partial charge in [0.2, 0.25) is 0 Å². The van der Waals surface area contributed by atoms with Crippen molar-refractivity contribution < 1.29 is 4.74 Å². The number of ether oxygens (including phenoxy) is 1. The van der Waals surface area contributed by atoms with E-state index in [1.54, 1.807) is 0 Å². The molecular formula is C66H41NOS2. The summed E-state index contributed by atoms with van der Waals surface area (Å²) in [7, 11) is 0. The fourth-order valence-corrected chi connectivity index (χ4v) is 14.1. The van der Waals surface area contributed by atoms with Gasteiger partial charge in [0, 0.05) is 68.8 Å². The largest absolute Gasteiger partial charge is 0.482 e. The van der Waals surface area contributed by atoms with Crippen LogP contribution in [0.25, 0.3) is 106 Å². The SMILES string of the molecule is C1=CC2c3c(c(-c4ccccc4)cc4ccccc34)OC2C(N(c2ccc(-c3cccc4c3sc3ccc5ccccc5c34)cc2)c2ccc(-c3cccc4c3sc3ccc5ccccc5c34)cc2)=C1.